The Morgan fingerprint density at radius 3 is 2.65 bits per heavy atom. The average molecular weight is 466 g/mol. The van der Waals surface area contributed by atoms with E-state index in [2.05, 4.69) is 27.5 Å². The molecule has 34 heavy (non-hydrogen) atoms. The molecule has 4 N–H and O–H groups in total. The third-order valence-electron chi connectivity index (χ3n) is 6.35. The summed E-state index contributed by atoms with van der Waals surface area (Å²) >= 11 is 0. The number of hydrogen-bond donors (Lipinski definition) is 4. The minimum absolute atomic E-state index is 0.216. The number of nitrogens with zero attached hydrogens (tertiary/aromatic N) is 2. The number of hydroxylamine groups is 1. The van der Waals surface area contributed by atoms with Crippen LogP contribution in [0.2, 0.25) is 0 Å². The average Bonchev–Trinajstić information content (AvgIpc) is 3.49. The first-order valence-electron chi connectivity index (χ1n) is 11.8. The van der Waals surface area contributed by atoms with Crippen LogP contribution in [0.25, 0.3) is 10.9 Å². The first-order valence-corrected chi connectivity index (χ1v) is 11.8. The molecule has 0 aliphatic carbocycles. The van der Waals surface area contributed by atoms with Crippen LogP contribution in [0.15, 0.2) is 55.0 Å². The molecule has 1 aliphatic rings. The van der Waals surface area contributed by atoms with E-state index in [4.69, 9.17) is 5.21 Å². The molecular formula is C25H31N5O4. The molecule has 0 fully saturated rings. The van der Waals surface area contributed by atoms with Gasteiger partial charge in [-0.1, -0.05) is 31.0 Å². The molecule has 9 heteroatoms. The molecule has 2 bridgehead atoms. The lowest BCUT2D eigenvalue weighted by Gasteiger charge is -2.21. The van der Waals surface area contributed by atoms with E-state index in [0.29, 0.717) is 13.0 Å². The number of hydrogen-bond acceptors (Lipinski definition) is 4. The van der Waals surface area contributed by atoms with Gasteiger partial charge in [-0.2, -0.15) is 0 Å². The van der Waals surface area contributed by atoms with Crippen molar-refractivity contribution < 1.29 is 19.6 Å². The predicted octanol–water partition coefficient (Wildman–Crippen LogP) is 2.30. The van der Waals surface area contributed by atoms with Gasteiger partial charge in [-0.3, -0.25) is 19.6 Å². The Kier molecular flexibility index (Phi) is 7.64. The van der Waals surface area contributed by atoms with Crippen LogP contribution in [0.4, 0.5) is 0 Å². The molecule has 3 amide bonds. The Hall–Kier alpha value is -3.59. The Morgan fingerprint density at radius 2 is 1.85 bits per heavy atom. The number of carbonyl (C=O) groups is 3. The Balaban J connectivity index is 1.57. The van der Waals surface area contributed by atoms with Crippen LogP contribution in [0.5, 0.6) is 0 Å². The van der Waals surface area contributed by atoms with Crippen molar-refractivity contribution in [2.75, 3.05) is 6.54 Å². The first-order chi connectivity index (χ1) is 16.6. The number of benzene rings is 1. The topological polar surface area (TPSA) is 117 Å². The van der Waals surface area contributed by atoms with Crippen molar-refractivity contribution >= 4 is 28.6 Å². The number of fused-ring (bicyclic) bond motifs is 5. The molecule has 1 aliphatic heterocycles. The summed E-state index contributed by atoms with van der Waals surface area (Å²) in [5.74, 6) is -1.39. The van der Waals surface area contributed by atoms with Gasteiger partial charge in [0.25, 0.3) is 5.91 Å². The smallest absolute Gasteiger partial charge is 0.266 e. The van der Waals surface area contributed by atoms with Crippen LogP contribution < -0.4 is 16.1 Å². The van der Waals surface area contributed by atoms with Crippen molar-refractivity contribution in [3.8, 4) is 0 Å². The predicted molar refractivity (Wildman–Crippen MR) is 127 cm³/mol. The number of carbonyl (C=O) groups excluding carboxylic acids is 3. The maximum absolute atomic E-state index is 13.1. The van der Waals surface area contributed by atoms with Crippen LogP contribution in [0.3, 0.4) is 0 Å². The van der Waals surface area contributed by atoms with Crippen molar-refractivity contribution in [1.82, 2.24) is 25.2 Å². The van der Waals surface area contributed by atoms with Crippen LogP contribution in [-0.2, 0) is 27.3 Å². The summed E-state index contributed by atoms with van der Waals surface area (Å²) in [5.41, 5.74) is 3.73. The molecule has 3 heterocycles. The summed E-state index contributed by atoms with van der Waals surface area (Å²) in [6.07, 6.45) is 9.57. The second-order valence-electron chi connectivity index (χ2n) is 8.72. The van der Waals surface area contributed by atoms with E-state index < -0.39 is 23.9 Å². The van der Waals surface area contributed by atoms with Gasteiger partial charge in [0.15, 0.2) is 0 Å². The summed E-state index contributed by atoms with van der Waals surface area (Å²) in [6.45, 7) is 1.47. The fourth-order valence-corrected chi connectivity index (χ4v) is 4.59. The number of nitrogens with one attached hydrogen (secondary N) is 3. The molecule has 4 rings (SSSR count). The van der Waals surface area contributed by atoms with E-state index in [-0.39, 0.29) is 12.3 Å². The lowest BCUT2D eigenvalue weighted by molar-refractivity contribution is -0.136. The highest BCUT2D eigenvalue weighted by Gasteiger charge is 2.27. The molecule has 3 aromatic rings. The second-order valence-corrected chi connectivity index (χ2v) is 8.72. The SMILES string of the molecule is O=C(C[C@H](C(=O)NO)n1cccc1)N[C@H]1Cc2cn(c3ccccc23)CCCCCCNC1=O. The fourth-order valence-electron chi connectivity index (χ4n) is 4.59. The van der Waals surface area contributed by atoms with Gasteiger partial charge in [0.1, 0.15) is 12.1 Å². The van der Waals surface area contributed by atoms with E-state index in [1.165, 1.54) is 0 Å². The van der Waals surface area contributed by atoms with Crippen molar-refractivity contribution in [2.24, 2.45) is 0 Å². The van der Waals surface area contributed by atoms with E-state index in [0.717, 1.165) is 48.7 Å². The summed E-state index contributed by atoms with van der Waals surface area (Å²) < 4.78 is 3.77. The fraction of sp³-hybridized carbons (Fsp3) is 0.400. The van der Waals surface area contributed by atoms with Crippen LogP contribution in [0.1, 0.15) is 43.7 Å². The summed E-state index contributed by atoms with van der Waals surface area (Å²) in [7, 11) is 0. The van der Waals surface area contributed by atoms with Gasteiger partial charge in [0.2, 0.25) is 11.8 Å². The molecule has 2 aromatic heterocycles. The van der Waals surface area contributed by atoms with Crippen molar-refractivity contribution in [2.45, 2.75) is 57.2 Å². The number of para-hydroxylation sites is 1. The van der Waals surface area contributed by atoms with Gasteiger partial charge in [-0.15, -0.1) is 0 Å². The third kappa shape index (κ3) is 5.48. The minimum atomic E-state index is -0.931. The number of aromatic nitrogens is 2. The summed E-state index contributed by atoms with van der Waals surface area (Å²) in [5, 5.41) is 16.0. The van der Waals surface area contributed by atoms with Gasteiger partial charge in [0.05, 0.1) is 6.42 Å². The second kappa shape index (κ2) is 11.0. The number of aryl methyl sites for hydroxylation is 1. The molecule has 0 spiro atoms. The van der Waals surface area contributed by atoms with E-state index in [9.17, 15) is 14.4 Å². The van der Waals surface area contributed by atoms with Gasteiger partial charge >= 0.3 is 0 Å². The zero-order valence-electron chi connectivity index (χ0n) is 19.1. The molecule has 0 saturated carbocycles. The van der Waals surface area contributed by atoms with E-state index in [1.807, 2.05) is 18.2 Å². The zero-order chi connectivity index (χ0) is 23.9. The molecule has 0 radical (unpaired) electrons. The molecular weight excluding hydrogens is 434 g/mol. The largest absolute Gasteiger partial charge is 0.354 e. The molecule has 2 atom stereocenters. The standard InChI is InChI=1S/C25H31N5O4/c31-23(16-22(25(33)28-34)29-12-7-8-13-29)27-20-15-18-17-30(21-10-4-3-9-19(18)21)14-6-2-1-5-11-26-24(20)32/h3-4,7-10,12-13,17,20,22,34H,1-2,5-6,11,14-16H2,(H,26,32)(H,27,31)(H,28,33)/t20-,22+/m0/s1. The Bertz CT molecular complexity index is 1140. The van der Waals surface area contributed by atoms with Gasteiger partial charge < -0.3 is 19.8 Å². The van der Waals surface area contributed by atoms with Gasteiger partial charge in [-0.05, 0) is 36.6 Å². The molecule has 0 unspecified atom stereocenters. The highest BCUT2D eigenvalue weighted by Crippen LogP contribution is 2.24. The first kappa shape index (κ1) is 23.6. The van der Waals surface area contributed by atoms with Gasteiger partial charge in [-0.25, -0.2) is 5.48 Å². The number of amides is 3. The minimum Gasteiger partial charge on any atom is -0.354 e. The molecule has 180 valence electrons. The quantitative estimate of drug-likeness (QED) is 0.342. The lowest BCUT2D eigenvalue weighted by atomic mass is 10.0. The van der Waals surface area contributed by atoms with Crippen LogP contribution in [0, 0.1) is 0 Å². The highest BCUT2D eigenvalue weighted by atomic mass is 16.5. The molecule has 1 aromatic carbocycles. The van der Waals surface area contributed by atoms with E-state index >= 15 is 0 Å². The lowest BCUT2D eigenvalue weighted by Crippen LogP contribution is -2.49. The Morgan fingerprint density at radius 1 is 1.09 bits per heavy atom. The normalized spacial score (nSPS) is 18.1. The van der Waals surface area contributed by atoms with Crippen LogP contribution in [-0.4, -0.2) is 44.6 Å². The number of rotatable bonds is 5. The monoisotopic (exact) mass is 465 g/mol. The highest BCUT2D eigenvalue weighted by molar-refractivity contribution is 5.91. The maximum Gasteiger partial charge on any atom is 0.266 e. The van der Waals surface area contributed by atoms with Gasteiger partial charge in [0, 0.05) is 49.0 Å². The van der Waals surface area contributed by atoms with Crippen molar-refractivity contribution in [3.63, 3.8) is 0 Å². The maximum atomic E-state index is 13.1. The Labute approximate surface area is 198 Å². The molecule has 0 saturated heterocycles. The third-order valence-corrected chi connectivity index (χ3v) is 6.35. The summed E-state index contributed by atoms with van der Waals surface area (Å²) in [4.78, 5) is 38.2. The summed E-state index contributed by atoms with van der Waals surface area (Å²) in [6, 6.07) is 9.84. The molecule has 9 nitrogen and oxygen atoms in total. The van der Waals surface area contributed by atoms with Crippen molar-refractivity contribution in [1.29, 1.82) is 0 Å². The zero-order valence-corrected chi connectivity index (χ0v) is 19.1. The van der Waals surface area contributed by atoms with Crippen molar-refractivity contribution in [3.05, 3.63) is 60.6 Å². The van der Waals surface area contributed by atoms with Crippen LogP contribution >= 0.6 is 0 Å². The van der Waals surface area contributed by atoms with E-state index in [1.54, 1.807) is 34.6 Å².